The minimum atomic E-state index is -0.545. The zero-order valence-corrected chi connectivity index (χ0v) is 18.8. The molecule has 1 aromatic heterocycles. The number of hydrogen-bond acceptors (Lipinski definition) is 4. The molecule has 0 amide bonds. The molecule has 4 aliphatic carbocycles. The first-order chi connectivity index (χ1) is 16.0. The summed E-state index contributed by atoms with van der Waals surface area (Å²) in [6.07, 6.45) is 9.76. The first kappa shape index (κ1) is 20.3. The topological polar surface area (TPSA) is 89.7 Å². The van der Waals surface area contributed by atoms with Crippen LogP contribution in [0.1, 0.15) is 60.0 Å². The summed E-state index contributed by atoms with van der Waals surface area (Å²) in [5.41, 5.74) is 9.64. The van der Waals surface area contributed by atoms with E-state index in [1.807, 2.05) is 36.5 Å². The van der Waals surface area contributed by atoms with Crippen molar-refractivity contribution in [3.63, 3.8) is 0 Å². The summed E-state index contributed by atoms with van der Waals surface area (Å²) in [5, 5.41) is 4.90. The van der Waals surface area contributed by atoms with Gasteiger partial charge in [0.15, 0.2) is 5.84 Å². The normalized spacial score (nSPS) is 28.3. The number of nitrogens with one attached hydrogen (secondary N) is 1. The van der Waals surface area contributed by atoms with Crippen LogP contribution in [0.2, 0.25) is 0 Å². The van der Waals surface area contributed by atoms with E-state index < -0.39 is 5.97 Å². The molecule has 3 aromatic rings. The highest BCUT2D eigenvalue weighted by Crippen LogP contribution is 2.61. The van der Waals surface area contributed by atoms with Crippen LogP contribution in [0.4, 0.5) is 0 Å². The Hall–Kier alpha value is -3.28. The van der Waals surface area contributed by atoms with Crippen LogP contribution in [0.15, 0.2) is 53.8 Å². The second kappa shape index (κ2) is 7.65. The van der Waals surface area contributed by atoms with Gasteiger partial charge in [0, 0.05) is 28.2 Å². The molecule has 7 rings (SSSR count). The van der Waals surface area contributed by atoms with Crippen molar-refractivity contribution in [2.75, 3.05) is 7.11 Å². The zero-order chi connectivity index (χ0) is 22.6. The number of carbonyl (C=O) groups is 1. The van der Waals surface area contributed by atoms with Gasteiger partial charge in [-0.1, -0.05) is 11.2 Å². The number of hydrogen-bond donors (Lipinski definition) is 2. The summed E-state index contributed by atoms with van der Waals surface area (Å²) >= 11 is 0. The maximum absolute atomic E-state index is 12.7. The van der Waals surface area contributed by atoms with Crippen LogP contribution in [0.3, 0.4) is 0 Å². The Morgan fingerprint density at radius 1 is 1.00 bits per heavy atom. The van der Waals surface area contributed by atoms with Crippen molar-refractivity contribution in [2.45, 2.75) is 43.9 Å². The van der Waals surface area contributed by atoms with Gasteiger partial charge in [-0.25, -0.2) is 4.79 Å². The predicted molar refractivity (Wildman–Crippen MR) is 127 cm³/mol. The molecule has 3 N–H and O–H groups in total. The van der Waals surface area contributed by atoms with E-state index in [0.29, 0.717) is 11.1 Å². The standard InChI is InChI=1S/C27H29N3O3/c1-32-24-12-21(2-4-22(24)27-13-16-8-17(14-27)10-18(9-16)15-27)26(31)33-30-25(28)20-3-5-23-19(11-20)6-7-29-23/h2-7,11-12,16-18,29H,8-10,13-15H2,1H3,(H2,28,30). The fourth-order valence-corrected chi connectivity index (χ4v) is 7.11. The molecule has 0 saturated heterocycles. The minimum absolute atomic E-state index is 0.156. The van der Waals surface area contributed by atoms with E-state index in [0.717, 1.165) is 34.4 Å². The van der Waals surface area contributed by atoms with E-state index in [4.69, 9.17) is 15.3 Å². The number of carbonyl (C=O) groups excluding carboxylic acids is 1. The summed E-state index contributed by atoms with van der Waals surface area (Å²) in [4.78, 5) is 21.1. The van der Waals surface area contributed by atoms with Gasteiger partial charge < -0.3 is 20.3 Å². The molecule has 0 aliphatic heterocycles. The van der Waals surface area contributed by atoms with E-state index in [9.17, 15) is 4.79 Å². The van der Waals surface area contributed by atoms with Crippen molar-refractivity contribution in [1.29, 1.82) is 0 Å². The van der Waals surface area contributed by atoms with E-state index >= 15 is 0 Å². The van der Waals surface area contributed by atoms with Crippen LogP contribution < -0.4 is 10.5 Å². The number of H-pyrrole nitrogens is 1. The molecule has 2 aromatic carbocycles. The van der Waals surface area contributed by atoms with Crippen LogP contribution in [0, 0.1) is 17.8 Å². The minimum Gasteiger partial charge on any atom is -0.496 e. The van der Waals surface area contributed by atoms with Crippen LogP contribution in [-0.4, -0.2) is 23.9 Å². The molecular weight excluding hydrogens is 414 g/mol. The Bertz CT molecular complexity index is 1220. The fourth-order valence-electron chi connectivity index (χ4n) is 7.11. The molecule has 0 atom stereocenters. The van der Waals surface area contributed by atoms with Crippen LogP contribution >= 0.6 is 0 Å². The van der Waals surface area contributed by atoms with Crippen LogP contribution in [0.5, 0.6) is 5.75 Å². The molecule has 1 heterocycles. The molecule has 6 nitrogen and oxygen atoms in total. The third-order valence-corrected chi connectivity index (χ3v) is 8.12. The smallest absolute Gasteiger partial charge is 0.365 e. The number of nitrogens with zero attached hydrogens (tertiary/aromatic N) is 1. The lowest BCUT2D eigenvalue weighted by molar-refractivity contribution is -0.00618. The molecule has 4 fully saturated rings. The number of amidine groups is 1. The lowest BCUT2D eigenvalue weighted by Crippen LogP contribution is -2.48. The molecule has 0 radical (unpaired) electrons. The third-order valence-electron chi connectivity index (χ3n) is 8.12. The average Bonchev–Trinajstić information content (AvgIpc) is 3.29. The quantitative estimate of drug-likeness (QED) is 0.248. The van der Waals surface area contributed by atoms with Gasteiger partial charge in [-0.2, -0.15) is 0 Å². The Labute approximate surface area is 193 Å². The monoisotopic (exact) mass is 443 g/mol. The van der Waals surface area contributed by atoms with Crippen LogP contribution in [-0.2, 0) is 10.3 Å². The Kier molecular flexibility index (Phi) is 4.71. The van der Waals surface area contributed by atoms with Crippen molar-refractivity contribution in [1.82, 2.24) is 4.98 Å². The Morgan fingerprint density at radius 2 is 1.70 bits per heavy atom. The van der Waals surface area contributed by atoms with Gasteiger partial charge in [-0.05, 0) is 98.1 Å². The lowest BCUT2D eigenvalue weighted by Gasteiger charge is -2.57. The number of fused-ring (bicyclic) bond motifs is 1. The van der Waals surface area contributed by atoms with Crippen molar-refractivity contribution in [3.8, 4) is 5.75 Å². The lowest BCUT2D eigenvalue weighted by atomic mass is 9.48. The summed E-state index contributed by atoms with van der Waals surface area (Å²) in [5.74, 6) is 2.91. The largest absolute Gasteiger partial charge is 0.496 e. The summed E-state index contributed by atoms with van der Waals surface area (Å²) in [6.45, 7) is 0. The molecule has 170 valence electrons. The Balaban J connectivity index is 1.22. The molecule has 0 spiro atoms. The van der Waals surface area contributed by atoms with Gasteiger partial charge in [0.1, 0.15) is 5.75 Å². The highest BCUT2D eigenvalue weighted by atomic mass is 16.7. The van der Waals surface area contributed by atoms with E-state index in [1.165, 1.54) is 44.1 Å². The number of nitrogens with two attached hydrogens (primary N) is 1. The molecule has 4 bridgehead atoms. The van der Waals surface area contributed by atoms with Crippen LogP contribution in [0.25, 0.3) is 10.9 Å². The number of benzene rings is 2. The zero-order valence-electron chi connectivity index (χ0n) is 18.8. The van der Waals surface area contributed by atoms with E-state index in [2.05, 4.69) is 16.2 Å². The van der Waals surface area contributed by atoms with Crippen molar-refractivity contribution < 1.29 is 14.4 Å². The molecule has 6 heteroatoms. The highest BCUT2D eigenvalue weighted by molar-refractivity contribution is 6.01. The highest BCUT2D eigenvalue weighted by Gasteiger charge is 2.52. The molecule has 33 heavy (non-hydrogen) atoms. The second-order valence-electron chi connectivity index (χ2n) is 10.2. The van der Waals surface area contributed by atoms with Crippen molar-refractivity contribution >= 4 is 22.7 Å². The predicted octanol–water partition coefficient (Wildman–Crippen LogP) is 5.12. The number of aromatic amines is 1. The molecule has 4 aliphatic rings. The van der Waals surface area contributed by atoms with Gasteiger partial charge in [-0.3, -0.25) is 0 Å². The maximum atomic E-state index is 12.7. The van der Waals surface area contributed by atoms with Crippen molar-refractivity contribution in [3.05, 3.63) is 65.4 Å². The average molecular weight is 444 g/mol. The van der Waals surface area contributed by atoms with E-state index in [-0.39, 0.29) is 11.3 Å². The maximum Gasteiger partial charge on any atom is 0.365 e. The Morgan fingerprint density at radius 3 is 2.39 bits per heavy atom. The number of aromatic nitrogens is 1. The van der Waals surface area contributed by atoms with Gasteiger partial charge >= 0.3 is 5.97 Å². The summed E-state index contributed by atoms with van der Waals surface area (Å²) < 4.78 is 5.78. The van der Waals surface area contributed by atoms with E-state index in [1.54, 1.807) is 13.2 Å². The summed E-state index contributed by atoms with van der Waals surface area (Å²) in [6, 6.07) is 13.3. The van der Waals surface area contributed by atoms with Gasteiger partial charge in [0.05, 0.1) is 12.7 Å². The third kappa shape index (κ3) is 3.48. The van der Waals surface area contributed by atoms with Gasteiger partial charge in [0.25, 0.3) is 0 Å². The number of oxime groups is 1. The van der Waals surface area contributed by atoms with Gasteiger partial charge in [0.2, 0.25) is 0 Å². The first-order valence-electron chi connectivity index (χ1n) is 11.8. The SMILES string of the molecule is COc1cc(C(=O)ON=C(N)c2ccc3[nH]ccc3c2)ccc1C12CC3CC(CC(C3)C1)C2. The van der Waals surface area contributed by atoms with Crippen molar-refractivity contribution in [2.24, 2.45) is 28.6 Å². The molecular formula is C27H29N3O3. The molecule has 4 saturated carbocycles. The second-order valence-corrected chi connectivity index (χ2v) is 10.2. The number of ether oxygens (including phenoxy) is 1. The fraction of sp³-hybridized carbons (Fsp3) is 0.407. The number of rotatable bonds is 5. The van der Waals surface area contributed by atoms with Gasteiger partial charge in [-0.15, -0.1) is 0 Å². The molecule has 0 unspecified atom stereocenters. The number of methoxy groups -OCH3 is 1. The summed E-state index contributed by atoms with van der Waals surface area (Å²) in [7, 11) is 1.68. The first-order valence-corrected chi connectivity index (χ1v) is 11.8.